The Kier molecular flexibility index (Phi) is 6.39. The molecule has 3 aromatic rings. The van der Waals surface area contributed by atoms with Crippen LogP contribution in [0.2, 0.25) is 5.02 Å². The molecule has 1 aromatic carbocycles. The first-order chi connectivity index (χ1) is 16.8. The van der Waals surface area contributed by atoms with Gasteiger partial charge in [0.1, 0.15) is 17.8 Å². The number of ether oxygens (including phenoxy) is 1. The first-order valence-corrected chi connectivity index (χ1v) is 11.8. The summed E-state index contributed by atoms with van der Waals surface area (Å²) in [6.07, 6.45) is 0.409. The molecule has 1 atom stereocenters. The van der Waals surface area contributed by atoms with E-state index in [-0.39, 0.29) is 24.9 Å². The van der Waals surface area contributed by atoms with Gasteiger partial charge in [-0.1, -0.05) is 17.7 Å². The third kappa shape index (κ3) is 5.12. The van der Waals surface area contributed by atoms with Crippen LogP contribution in [-0.4, -0.2) is 44.0 Å². The van der Waals surface area contributed by atoms with Gasteiger partial charge in [-0.05, 0) is 61.9 Å². The van der Waals surface area contributed by atoms with Crippen molar-refractivity contribution in [3.05, 3.63) is 64.8 Å². The lowest BCUT2D eigenvalue weighted by Gasteiger charge is -2.28. The Balaban J connectivity index is 1.39. The number of carbonyl (C=O) groups is 1. The zero-order valence-electron chi connectivity index (χ0n) is 18.6. The van der Waals surface area contributed by atoms with Crippen molar-refractivity contribution in [1.29, 1.82) is 0 Å². The van der Waals surface area contributed by atoms with Gasteiger partial charge in [0.25, 0.3) is 0 Å². The molecule has 184 valence electrons. The maximum atomic E-state index is 12.9. The number of halogens is 4. The Morgan fingerprint density at radius 2 is 1.89 bits per heavy atom. The Morgan fingerprint density at radius 3 is 2.60 bits per heavy atom. The molecule has 1 aliphatic heterocycles. The molecule has 35 heavy (non-hydrogen) atoms. The number of nitrogens with one attached hydrogen (secondary N) is 1. The largest absolute Gasteiger partial charge is 0.474 e. The lowest BCUT2D eigenvalue weighted by Crippen LogP contribution is -2.45. The second-order valence-electron chi connectivity index (χ2n) is 8.92. The molecule has 2 aromatic heterocycles. The van der Waals surface area contributed by atoms with E-state index in [2.05, 4.69) is 20.5 Å². The SMILES string of the molecule is O=C(N[C@H]1Cc2cc(Cl)ccc2-n2c(nnc2[C@H]2CC[C@H](Oc3ccccn3)CC2)C1)C(F)(F)F. The maximum Gasteiger partial charge on any atom is 0.471 e. The molecule has 1 saturated carbocycles. The van der Waals surface area contributed by atoms with E-state index in [4.69, 9.17) is 16.3 Å². The number of aromatic nitrogens is 4. The molecule has 7 nitrogen and oxygen atoms in total. The van der Waals surface area contributed by atoms with Gasteiger partial charge in [-0.3, -0.25) is 9.36 Å². The minimum absolute atomic E-state index is 0.0562. The Bertz CT molecular complexity index is 1210. The Morgan fingerprint density at radius 1 is 1.09 bits per heavy atom. The second kappa shape index (κ2) is 9.49. The maximum absolute atomic E-state index is 12.9. The smallest absolute Gasteiger partial charge is 0.471 e. The van der Waals surface area contributed by atoms with E-state index in [1.54, 1.807) is 18.3 Å². The third-order valence-corrected chi connectivity index (χ3v) is 6.73. The topological polar surface area (TPSA) is 81.9 Å². The molecule has 1 aliphatic carbocycles. The van der Waals surface area contributed by atoms with Gasteiger partial charge in [0.05, 0.1) is 5.69 Å². The second-order valence-corrected chi connectivity index (χ2v) is 9.36. The van der Waals surface area contributed by atoms with E-state index in [0.717, 1.165) is 42.8 Å². The first-order valence-electron chi connectivity index (χ1n) is 11.5. The average Bonchev–Trinajstić information content (AvgIpc) is 3.16. The van der Waals surface area contributed by atoms with Crippen molar-refractivity contribution in [2.45, 2.75) is 62.8 Å². The first kappa shape index (κ1) is 23.6. The van der Waals surface area contributed by atoms with Crippen LogP contribution in [0.1, 0.15) is 48.8 Å². The van der Waals surface area contributed by atoms with Crippen molar-refractivity contribution in [2.75, 3.05) is 0 Å². The number of nitrogens with zero attached hydrogens (tertiary/aromatic N) is 4. The summed E-state index contributed by atoms with van der Waals surface area (Å²) >= 11 is 6.20. The molecule has 1 fully saturated rings. The monoisotopic (exact) mass is 505 g/mol. The van der Waals surface area contributed by atoms with Crippen LogP contribution in [0.15, 0.2) is 42.6 Å². The number of hydrogen-bond acceptors (Lipinski definition) is 5. The van der Waals surface area contributed by atoms with Crippen LogP contribution in [0.4, 0.5) is 13.2 Å². The van der Waals surface area contributed by atoms with Gasteiger partial charge >= 0.3 is 12.1 Å². The van der Waals surface area contributed by atoms with Gasteiger partial charge in [0.15, 0.2) is 0 Å². The molecule has 3 heterocycles. The van der Waals surface area contributed by atoms with Crippen LogP contribution in [0.25, 0.3) is 5.69 Å². The van der Waals surface area contributed by atoms with E-state index >= 15 is 0 Å². The summed E-state index contributed by atoms with van der Waals surface area (Å²) in [5.41, 5.74) is 1.51. The van der Waals surface area contributed by atoms with Crippen LogP contribution >= 0.6 is 11.6 Å². The fraction of sp³-hybridized carbons (Fsp3) is 0.417. The minimum Gasteiger partial charge on any atom is -0.474 e. The summed E-state index contributed by atoms with van der Waals surface area (Å²) in [7, 11) is 0. The highest BCUT2D eigenvalue weighted by Gasteiger charge is 2.40. The molecular formula is C24H23ClF3N5O2. The van der Waals surface area contributed by atoms with Crippen LogP contribution in [0.5, 0.6) is 5.88 Å². The number of carbonyl (C=O) groups excluding carboxylic acids is 1. The predicted octanol–water partition coefficient (Wildman–Crippen LogP) is 4.57. The fourth-order valence-corrected chi connectivity index (χ4v) is 5.07. The predicted molar refractivity (Wildman–Crippen MR) is 122 cm³/mol. The Labute approximate surface area is 204 Å². The van der Waals surface area contributed by atoms with E-state index in [0.29, 0.717) is 16.7 Å². The van der Waals surface area contributed by atoms with Crippen LogP contribution in [0.3, 0.4) is 0 Å². The van der Waals surface area contributed by atoms with Crippen molar-refractivity contribution in [3.63, 3.8) is 0 Å². The molecule has 0 unspecified atom stereocenters. The Hall–Kier alpha value is -3.14. The highest BCUT2D eigenvalue weighted by Crippen LogP contribution is 2.37. The number of pyridine rings is 1. The van der Waals surface area contributed by atoms with Gasteiger partial charge in [0.2, 0.25) is 5.88 Å². The summed E-state index contributed by atoms with van der Waals surface area (Å²) in [6, 6.07) is 10.1. The molecule has 0 spiro atoms. The van der Waals surface area contributed by atoms with Crippen LogP contribution < -0.4 is 10.1 Å². The summed E-state index contributed by atoms with van der Waals surface area (Å²) in [4.78, 5) is 15.9. The highest BCUT2D eigenvalue weighted by molar-refractivity contribution is 6.30. The summed E-state index contributed by atoms with van der Waals surface area (Å²) < 4.78 is 46.6. The van der Waals surface area contributed by atoms with Crippen molar-refractivity contribution in [1.82, 2.24) is 25.1 Å². The zero-order valence-corrected chi connectivity index (χ0v) is 19.4. The number of hydrogen-bond donors (Lipinski definition) is 1. The number of rotatable bonds is 4. The third-order valence-electron chi connectivity index (χ3n) is 6.49. The summed E-state index contributed by atoms with van der Waals surface area (Å²) in [5, 5.41) is 11.3. The van der Waals surface area contributed by atoms with Gasteiger partial charge in [-0.2, -0.15) is 13.2 Å². The van der Waals surface area contributed by atoms with Crippen molar-refractivity contribution in [2.24, 2.45) is 0 Å². The lowest BCUT2D eigenvalue weighted by atomic mass is 9.86. The fourth-order valence-electron chi connectivity index (χ4n) is 4.88. The molecule has 2 aliphatic rings. The molecular weight excluding hydrogens is 483 g/mol. The van der Waals surface area contributed by atoms with Crippen LogP contribution in [0, 0.1) is 0 Å². The van der Waals surface area contributed by atoms with Gasteiger partial charge in [-0.25, -0.2) is 4.98 Å². The van der Waals surface area contributed by atoms with E-state index in [9.17, 15) is 18.0 Å². The number of alkyl halides is 3. The minimum atomic E-state index is -4.96. The molecule has 5 rings (SSSR count). The molecule has 1 amide bonds. The van der Waals surface area contributed by atoms with Gasteiger partial charge in [0, 0.05) is 35.7 Å². The summed E-state index contributed by atoms with van der Waals surface area (Å²) in [6.45, 7) is 0. The lowest BCUT2D eigenvalue weighted by molar-refractivity contribution is -0.174. The quantitative estimate of drug-likeness (QED) is 0.562. The van der Waals surface area contributed by atoms with E-state index < -0.39 is 18.1 Å². The van der Waals surface area contributed by atoms with Crippen molar-refractivity contribution in [3.8, 4) is 11.6 Å². The molecule has 1 N–H and O–H groups in total. The molecule has 0 radical (unpaired) electrons. The van der Waals surface area contributed by atoms with E-state index in [1.165, 1.54) is 0 Å². The molecule has 0 bridgehead atoms. The normalized spacial score (nSPS) is 22.0. The average molecular weight is 506 g/mol. The zero-order chi connectivity index (χ0) is 24.6. The van der Waals surface area contributed by atoms with Crippen molar-refractivity contribution < 1.29 is 22.7 Å². The summed E-state index contributed by atoms with van der Waals surface area (Å²) in [5.74, 6) is 0.0308. The standard InChI is InChI=1S/C24H23ClF3N5O2/c25-16-6-9-19-15(11-16)12-17(30-23(34)24(26,27)28)13-20-31-32-22(33(19)20)14-4-7-18(8-5-14)35-21-3-1-2-10-29-21/h1-3,6,9-11,14,17-18H,4-5,7-8,12-13H2,(H,30,34)/t14-,17-,18-/m0/s1. The van der Waals surface area contributed by atoms with Gasteiger partial charge in [-0.15, -0.1) is 10.2 Å². The number of amides is 1. The van der Waals surface area contributed by atoms with Crippen molar-refractivity contribution >= 4 is 17.5 Å². The number of benzene rings is 1. The molecule has 11 heteroatoms. The highest BCUT2D eigenvalue weighted by atomic mass is 35.5. The van der Waals surface area contributed by atoms with Crippen LogP contribution in [-0.2, 0) is 17.6 Å². The van der Waals surface area contributed by atoms with E-state index in [1.807, 2.05) is 28.8 Å². The number of fused-ring (bicyclic) bond motifs is 3. The molecule has 0 saturated heterocycles. The van der Waals surface area contributed by atoms with Gasteiger partial charge < -0.3 is 10.1 Å².